The van der Waals surface area contributed by atoms with Gasteiger partial charge in [-0.05, 0) is 29.7 Å². The number of hydrogen-bond donors (Lipinski definition) is 0. The van der Waals surface area contributed by atoms with Gasteiger partial charge in [-0.3, -0.25) is 0 Å². The van der Waals surface area contributed by atoms with Gasteiger partial charge < -0.3 is 0 Å². The maximum atomic E-state index is 9.14. The molecule has 0 fully saturated rings. The molecule has 0 radical (unpaired) electrons. The Kier molecular flexibility index (Phi) is 5.55. The lowest BCUT2D eigenvalue weighted by molar-refractivity contribution is 0.512. The van der Waals surface area contributed by atoms with Crippen LogP contribution in [0.15, 0.2) is 60.7 Å². The van der Waals surface area contributed by atoms with Gasteiger partial charge in [-0.1, -0.05) is 81.3 Å². The van der Waals surface area contributed by atoms with Gasteiger partial charge in [-0.15, -0.1) is 0 Å². The molecule has 1 heteroatoms. The molecular formula is C21H23N. The number of nitriles is 1. The molecule has 0 amide bonds. The zero-order valence-corrected chi connectivity index (χ0v) is 13.4. The van der Waals surface area contributed by atoms with Gasteiger partial charge in [0.2, 0.25) is 0 Å². The van der Waals surface area contributed by atoms with Gasteiger partial charge in [0.25, 0.3) is 0 Å². The summed E-state index contributed by atoms with van der Waals surface area (Å²) < 4.78 is 0. The van der Waals surface area contributed by atoms with Crippen molar-refractivity contribution in [2.75, 3.05) is 0 Å². The quantitative estimate of drug-likeness (QED) is 0.667. The van der Waals surface area contributed by atoms with E-state index in [1.807, 2.05) is 24.3 Å². The van der Waals surface area contributed by atoms with E-state index in [1.165, 1.54) is 24.0 Å². The fraction of sp³-hybridized carbons (Fsp3) is 0.286. The van der Waals surface area contributed by atoms with E-state index in [4.69, 9.17) is 5.26 Å². The Morgan fingerprint density at radius 1 is 1.09 bits per heavy atom. The van der Waals surface area contributed by atoms with Crippen molar-refractivity contribution in [1.29, 1.82) is 5.26 Å². The number of hydrogen-bond acceptors (Lipinski definition) is 1. The van der Waals surface area contributed by atoms with Crippen molar-refractivity contribution in [1.82, 2.24) is 0 Å². The largest absolute Gasteiger partial charge is 0.192 e. The van der Waals surface area contributed by atoms with E-state index in [0.717, 1.165) is 12.0 Å². The van der Waals surface area contributed by atoms with Crippen molar-refractivity contribution in [2.45, 2.75) is 38.5 Å². The standard InChI is InChI=1S/C21H23N/c1-3-4-14-21(2,15-13-18-9-6-5-7-10-18)20-12-8-11-19(16-20)17-22/h5-13,15-16H,3-4,14H2,1-2H3/b15-13+/t21-/m0/s1. The first kappa shape index (κ1) is 16.0. The second-order valence-corrected chi connectivity index (χ2v) is 5.96. The Labute approximate surface area is 133 Å². The predicted octanol–water partition coefficient (Wildman–Crippen LogP) is 5.72. The molecule has 0 saturated carbocycles. The van der Waals surface area contributed by atoms with Crippen LogP contribution < -0.4 is 0 Å². The fourth-order valence-corrected chi connectivity index (χ4v) is 2.66. The summed E-state index contributed by atoms with van der Waals surface area (Å²) in [6, 6.07) is 20.6. The van der Waals surface area contributed by atoms with Crippen LogP contribution in [0.3, 0.4) is 0 Å². The van der Waals surface area contributed by atoms with Gasteiger partial charge in [-0.2, -0.15) is 5.26 Å². The predicted molar refractivity (Wildman–Crippen MR) is 93.5 cm³/mol. The molecule has 2 rings (SSSR count). The normalized spacial score (nSPS) is 13.7. The Bertz CT molecular complexity index is 664. The molecule has 1 nitrogen and oxygen atoms in total. The van der Waals surface area contributed by atoms with Gasteiger partial charge in [0.1, 0.15) is 0 Å². The fourth-order valence-electron chi connectivity index (χ4n) is 2.66. The molecule has 0 unspecified atom stereocenters. The highest BCUT2D eigenvalue weighted by molar-refractivity contribution is 5.52. The van der Waals surface area contributed by atoms with Crippen LogP contribution >= 0.6 is 0 Å². The first-order chi connectivity index (χ1) is 10.7. The van der Waals surface area contributed by atoms with Crippen molar-refractivity contribution in [3.63, 3.8) is 0 Å². The molecule has 0 saturated heterocycles. The summed E-state index contributed by atoms with van der Waals surface area (Å²) in [6.07, 6.45) is 7.91. The van der Waals surface area contributed by atoms with E-state index < -0.39 is 0 Å². The number of nitrogens with zero attached hydrogens (tertiary/aromatic N) is 1. The van der Waals surface area contributed by atoms with E-state index in [0.29, 0.717) is 0 Å². The zero-order chi connectivity index (χ0) is 15.8. The van der Waals surface area contributed by atoms with Gasteiger partial charge in [0, 0.05) is 5.41 Å². The van der Waals surface area contributed by atoms with Gasteiger partial charge in [0.15, 0.2) is 0 Å². The molecule has 2 aromatic rings. The summed E-state index contributed by atoms with van der Waals surface area (Å²) in [4.78, 5) is 0. The number of rotatable bonds is 6. The third kappa shape index (κ3) is 4.09. The lowest BCUT2D eigenvalue weighted by Gasteiger charge is -2.27. The summed E-state index contributed by atoms with van der Waals surface area (Å²) in [5.41, 5.74) is 3.11. The van der Waals surface area contributed by atoms with E-state index in [-0.39, 0.29) is 5.41 Å². The van der Waals surface area contributed by atoms with Crippen LogP contribution in [0, 0.1) is 11.3 Å². The van der Waals surface area contributed by atoms with Crippen molar-refractivity contribution in [2.24, 2.45) is 0 Å². The van der Waals surface area contributed by atoms with Crippen LogP contribution in [-0.2, 0) is 5.41 Å². The average Bonchev–Trinajstić information content (AvgIpc) is 2.59. The first-order valence-corrected chi connectivity index (χ1v) is 7.93. The second kappa shape index (κ2) is 7.61. The van der Waals surface area contributed by atoms with Crippen LogP contribution in [-0.4, -0.2) is 0 Å². The zero-order valence-electron chi connectivity index (χ0n) is 13.4. The Balaban J connectivity index is 2.34. The van der Waals surface area contributed by atoms with Crippen LogP contribution in [0.1, 0.15) is 49.8 Å². The minimum atomic E-state index is -0.0429. The van der Waals surface area contributed by atoms with Crippen molar-refractivity contribution >= 4 is 6.08 Å². The Morgan fingerprint density at radius 2 is 1.86 bits per heavy atom. The molecular weight excluding hydrogens is 266 g/mol. The third-order valence-corrected chi connectivity index (χ3v) is 4.14. The van der Waals surface area contributed by atoms with Crippen LogP contribution in [0.5, 0.6) is 0 Å². The Hall–Kier alpha value is -2.33. The van der Waals surface area contributed by atoms with Crippen LogP contribution in [0.25, 0.3) is 6.08 Å². The van der Waals surface area contributed by atoms with Crippen molar-refractivity contribution in [3.8, 4) is 6.07 Å². The second-order valence-electron chi connectivity index (χ2n) is 5.96. The lowest BCUT2D eigenvalue weighted by atomic mass is 9.77. The van der Waals surface area contributed by atoms with Gasteiger partial charge in [0.05, 0.1) is 11.6 Å². The lowest BCUT2D eigenvalue weighted by Crippen LogP contribution is -2.19. The highest BCUT2D eigenvalue weighted by Gasteiger charge is 2.23. The molecule has 0 aromatic heterocycles. The van der Waals surface area contributed by atoms with E-state index >= 15 is 0 Å². The summed E-state index contributed by atoms with van der Waals surface area (Å²) in [5.74, 6) is 0. The molecule has 0 aliphatic rings. The van der Waals surface area contributed by atoms with Gasteiger partial charge in [-0.25, -0.2) is 0 Å². The summed E-state index contributed by atoms with van der Waals surface area (Å²) in [7, 11) is 0. The first-order valence-electron chi connectivity index (χ1n) is 7.93. The summed E-state index contributed by atoms with van der Waals surface area (Å²) >= 11 is 0. The molecule has 0 heterocycles. The van der Waals surface area contributed by atoms with Crippen LogP contribution in [0.2, 0.25) is 0 Å². The van der Waals surface area contributed by atoms with Crippen molar-refractivity contribution < 1.29 is 0 Å². The number of unbranched alkanes of at least 4 members (excludes halogenated alkanes) is 1. The van der Waals surface area contributed by atoms with Gasteiger partial charge >= 0.3 is 0 Å². The SMILES string of the molecule is CCCC[C@@](C)(/C=C/c1ccccc1)c1cccc(C#N)c1. The highest BCUT2D eigenvalue weighted by atomic mass is 14.3. The maximum Gasteiger partial charge on any atom is 0.0991 e. The monoisotopic (exact) mass is 289 g/mol. The van der Waals surface area contributed by atoms with E-state index in [9.17, 15) is 0 Å². The minimum Gasteiger partial charge on any atom is -0.192 e. The van der Waals surface area contributed by atoms with Crippen molar-refractivity contribution in [3.05, 3.63) is 77.4 Å². The minimum absolute atomic E-state index is 0.0429. The summed E-state index contributed by atoms with van der Waals surface area (Å²) in [6.45, 7) is 4.48. The molecule has 0 bridgehead atoms. The summed E-state index contributed by atoms with van der Waals surface area (Å²) in [5, 5.41) is 9.14. The van der Waals surface area contributed by atoms with E-state index in [2.05, 4.69) is 62.4 Å². The Morgan fingerprint density at radius 3 is 2.55 bits per heavy atom. The number of allylic oxidation sites excluding steroid dienone is 1. The van der Waals surface area contributed by atoms with Crippen LogP contribution in [0.4, 0.5) is 0 Å². The molecule has 1 atom stereocenters. The molecule has 0 N–H and O–H groups in total. The van der Waals surface area contributed by atoms with E-state index in [1.54, 1.807) is 0 Å². The molecule has 112 valence electrons. The molecule has 0 spiro atoms. The molecule has 2 aromatic carbocycles. The average molecular weight is 289 g/mol. The topological polar surface area (TPSA) is 23.8 Å². The molecule has 22 heavy (non-hydrogen) atoms. The highest BCUT2D eigenvalue weighted by Crippen LogP contribution is 2.32. The third-order valence-electron chi connectivity index (χ3n) is 4.14. The maximum absolute atomic E-state index is 9.14. The molecule has 0 aliphatic carbocycles. The smallest absolute Gasteiger partial charge is 0.0991 e. The molecule has 0 aliphatic heterocycles. The number of benzene rings is 2.